The molecule has 5 heteroatoms. The molecule has 1 heterocycles. The second-order valence-electron chi connectivity index (χ2n) is 2.36. The number of hydrogen-bond acceptors (Lipinski definition) is 3. The average Bonchev–Trinajstić information content (AvgIpc) is 2.51. The molecular formula is C7H11N3S2. The summed E-state index contributed by atoms with van der Waals surface area (Å²) in [5, 5.41) is 3.66. The molecular weight excluding hydrogens is 190 g/mol. The minimum atomic E-state index is 0.242. The first-order valence-corrected chi connectivity index (χ1v) is 4.83. The minimum Gasteiger partial charge on any atom is -0.375 e. The number of rotatable bonds is 3. The molecule has 66 valence electrons. The Bertz CT molecular complexity index is 245. The van der Waals surface area contributed by atoms with Crippen LogP contribution in [0.25, 0.3) is 0 Å². The molecule has 0 atom stereocenters. The standard InChI is InChI=1S/C7H11N3S2/c8-7(11)10(9)4-3-6-2-1-5-12-6/h1-2,5H,3-4,9H2,(H2,8,11). The van der Waals surface area contributed by atoms with Crippen molar-refractivity contribution in [1.29, 1.82) is 0 Å². The lowest BCUT2D eigenvalue weighted by Crippen LogP contribution is -2.42. The van der Waals surface area contributed by atoms with Gasteiger partial charge in [-0.2, -0.15) is 0 Å². The molecule has 0 radical (unpaired) electrons. The van der Waals surface area contributed by atoms with Crippen molar-refractivity contribution in [3.05, 3.63) is 22.4 Å². The van der Waals surface area contributed by atoms with Gasteiger partial charge < -0.3 is 5.73 Å². The molecule has 0 spiro atoms. The maximum atomic E-state index is 5.50. The Morgan fingerprint density at radius 3 is 2.92 bits per heavy atom. The molecule has 0 saturated carbocycles. The highest BCUT2D eigenvalue weighted by Gasteiger charge is 2.00. The lowest BCUT2D eigenvalue weighted by molar-refractivity contribution is 0.449. The molecule has 0 unspecified atom stereocenters. The fourth-order valence-corrected chi connectivity index (χ4v) is 1.59. The highest BCUT2D eigenvalue weighted by atomic mass is 32.1. The minimum absolute atomic E-state index is 0.242. The second kappa shape index (κ2) is 4.39. The van der Waals surface area contributed by atoms with Crippen molar-refractivity contribution in [1.82, 2.24) is 5.01 Å². The van der Waals surface area contributed by atoms with Crippen molar-refractivity contribution in [3.8, 4) is 0 Å². The van der Waals surface area contributed by atoms with Crippen LogP contribution in [0.4, 0.5) is 0 Å². The van der Waals surface area contributed by atoms with Gasteiger partial charge in [0.2, 0.25) is 0 Å². The van der Waals surface area contributed by atoms with Crippen LogP contribution in [-0.4, -0.2) is 16.7 Å². The van der Waals surface area contributed by atoms with E-state index in [4.69, 9.17) is 23.8 Å². The van der Waals surface area contributed by atoms with Gasteiger partial charge in [-0.3, -0.25) is 5.01 Å². The van der Waals surface area contributed by atoms with Crippen LogP contribution < -0.4 is 11.6 Å². The summed E-state index contributed by atoms with van der Waals surface area (Å²) in [6.45, 7) is 0.676. The van der Waals surface area contributed by atoms with Gasteiger partial charge in [0.1, 0.15) is 0 Å². The van der Waals surface area contributed by atoms with E-state index in [1.165, 1.54) is 9.89 Å². The zero-order chi connectivity index (χ0) is 8.97. The summed E-state index contributed by atoms with van der Waals surface area (Å²) < 4.78 is 0. The third kappa shape index (κ3) is 2.77. The molecule has 0 bridgehead atoms. The Balaban J connectivity index is 2.31. The lowest BCUT2D eigenvalue weighted by Gasteiger charge is -2.14. The van der Waals surface area contributed by atoms with Gasteiger partial charge in [0.05, 0.1) is 0 Å². The van der Waals surface area contributed by atoms with E-state index in [0.29, 0.717) is 6.54 Å². The predicted molar refractivity (Wildman–Crippen MR) is 55.7 cm³/mol. The van der Waals surface area contributed by atoms with E-state index >= 15 is 0 Å². The lowest BCUT2D eigenvalue weighted by atomic mass is 10.3. The molecule has 3 nitrogen and oxygen atoms in total. The van der Waals surface area contributed by atoms with E-state index in [1.54, 1.807) is 11.3 Å². The van der Waals surface area contributed by atoms with Crippen molar-refractivity contribution < 1.29 is 0 Å². The number of hydrazine groups is 1. The van der Waals surface area contributed by atoms with Gasteiger partial charge in [-0.1, -0.05) is 6.07 Å². The van der Waals surface area contributed by atoms with Crippen molar-refractivity contribution in [2.75, 3.05) is 6.54 Å². The SMILES string of the molecule is NC(=S)N(N)CCc1cccs1. The third-order valence-electron chi connectivity index (χ3n) is 1.46. The quantitative estimate of drug-likeness (QED) is 0.429. The highest BCUT2D eigenvalue weighted by Crippen LogP contribution is 2.08. The van der Waals surface area contributed by atoms with Crippen LogP contribution in [0.2, 0.25) is 0 Å². The van der Waals surface area contributed by atoms with Crippen LogP contribution in [0.3, 0.4) is 0 Å². The number of thiocarbonyl (C=S) groups is 1. The van der Waals surface area contributed by atoms with Crippen LogP contribution in [0.1, 0.15) is 4.88 Å². The molecule has 0 aliphatic heterocycles. The van der Waals surface area contributed by atoms with Gasteiger partial charge in [-0.25, -0.2) is 5.84 Å². The first-order chi connectivity index (χ1) is 5.70. The van der Waals surface area contributed by atoms with E-state index in [-0.39, 0.29) is 5.11 Å². The molecule has 1 rings (SSSR count). The van der Waals surface area contributed by atoms with Gasteiger partial charge in [-0.15, -0.1) is 11.3 Å². The summed E-state index contributed by atoms with van der Waals surface area (Å²) in [6, 6.07) is 4.08. The van der Waals surface area contributed by atoms with Crippen molar-refractivity contribution in [3.63, 3.8) is 0 Å². The van der Waals surface area contributed by atoms with Gasteiger partial charge >= 0.3 is 0 Å². The highest BCUT2D eigenvalue weighted by molar-refractivity contribution is 7.80. The number of thiophene rings is 1. The zero-order valence-electron chi connectivity index (χ0n) is 6.56. The molecule has 0 saturated heterocycles. The van der Waals surface area contributed by atoms with Crippen LogP contribution in [0, 0.1) is 0 Å². The summed E-state index contributed by atoms with van der Waals surface area (Å²) in [7, 11) is 0. The van der Waals surface area contributed by atoms with Crippen LogP contribution in [0.15, 0.2) is 17.5 Å². The fraction of sp³-hybridized carbons (Fsp3) is 0.286. The normalized spacial score (nSPS) is 9.75. The van der Waals surface area contributed by atoms with E-state index < -0.39 is 0 Å². The first-order valence-electron chi connectivity index (χ1n) is 3.54. The maximum absolute atomic E-state index is 5.50. The van der Waals surface area contributed by atoms with Gasteiger partial charge in [0.25, 0.3) is 0 Å². The fourth-order valence-electron chi connectivity index (χ4n) is 0.796. The molecule has 0 amide bonds. The van der Waals surface area contributed by atoms with Crippen LogP contribution in [0.5, 0.6) is 0 Å². The van der Waals surface area contributed by atoms with E-state index in [0.717, 1.165) is 6.42 Å². The number of nitrogens with two attached hydrogens (primary N) is 2. The molecule has 12 heavy (non-hydrogen) atoms. The Labute approximate surface area is 80.9 Å². The summed E-state index contributed by atoms with van der Waals surface area (Å²) in [4.78, 5) is 1.29. The van der Waals surface area contributed by atoms with Crippen molar-refractivity contribution in [2.24, 2.45) is 11.6 Å². The topological polar surface area (TPSA) is 55.3 Å². The molecule has 0 aliphatic carbocycles. The Morgan fingerprint density at radius 1 is 1.67 bits per heavy atom. The van der Waals surface area contributed by atoms with Gasteiger partial charge in [-0.05, 0) is 23.7 Å². The summed E-state index contributed by atoms with van der Waals surface area (Å²) in [6.07, 6.45) is 0.894. The molecule has 0 fully saturated rings. The molecule has 1 aromatic heterocycles. The molecule has 0 aliphatic rings. The number of nitrogens with zero attached hydrogens (tertiary/aromatic N) is 1. The summed E-state index contributed by atoms with van der Waals surface area (Å²) in [5.74, 6) is 5.50. The van der Waals surface area contributed by atoms with Gasteiger partial charge in [0, 0.05) is 17.8 Å². The Morgan fingerprint density at radius 2 is 2.42 bits per heavy atom. The largest absolute Gasteiger partial charge is 0.375 e. The van der Waals surface area contributed by atoms with E-state index in [1.807, 2.05) is 11.4 Å². The second-order valence-corrected chi connectivity index (χ2v) is 3.81. The molecule has 1 aromatic rings. The first kappa shape index (κ1) is 9.44. The predicted octanol–water partition coefficient (Wildman–Crippen LogP) is 0.710. The number of hydrogen-bond donors (Lipinski definition) is 2. The zero-order valence-corrected chi connectivity index (χ0v) is 8.20. The smallest absolute Gasteiger partial charge is 0.180 e. The summed E-state index contributed by atoms with van der Waals surface area (Å²) >= 11 is 6.41. The van der Waals surface area contributed by atoms with Crippen molar-refractivity contribution in [2.45, 2.75) is 6.42 Å². The average molecular weight is 201 g/mol. The van der Waals surface area contributed by atoms with Crippen LogP contribution >= 0.6 is 23.6 Å². The monoisotopic (exact) mass is 201 g/mol. The van der Waals surface area contributed by atoms with Crippen LogP contribution in [-0.2, 0) is 6.42 Å². The van der Waals surface area contributed by atoms with E-state index in [9.17, 15) is 0 Å². The molecule has 4 N–H and O–H groups in total. The summed E-state index contributed by atoms with van der Waals surface area (Å²) in [5.41, 5.74) is 5.31. The van der Waals surface area contributed by atoms with Crippen molar-refractivity contribution >= 4 is 28.7 Å². The molecule has 0 aromatic carbocycles. The Hall–Kier alpha value is -0.650. The Kier molecular flexibility index (Phi) is 3.46. The van der Waals surface area contributed by atoms with E-state index in [2.05, 4.69) is 6.07 Å². The maximum Gasteiger partial charge on any atom is 0.180 e. The van der Waals surface area contributed by atoms with Gasteiger partial charge in [0.15, 0.2) is 5.11 Å². The third-order valence-corrected chi connectivity index (χ3v) is 2.63.